The summed E-state index contributed by atoms with van der Waals surface area (Å²) in [6.45, 7) is 1.47. The molecule has 2 aromatic rings. The summed E-state index contributed by atoms with van der Waals surface area (Å²) in [5.74, 6) is -0.528. The number of hydrogen-bond donors (Lipinski definition) is 1. The van der Waals surface area contributed by atoms with Crippen LogP contribution in [0.1, 0.15) is 12.5 Å². The fraction of sp³-hybridized carbons (Fsp3) is 0.125. The molecular weight excluding hydrogens is 325 g/mol. The van der Waals surface area contributed by atoms with Crippen LogP contribution in [0.3, 0.4) is 0 Å². The maximum absolute atomic E-state index is 10.7. The molecule has 0 amide bonds. The van der Waals surface area contributed by atoms with Crippen LogP contribution in [0.25, 0.3) is 0 Å². The van der Waals surface area contributed by atoms with Crippen LogP contribution in [0, 0.1) is 0 Å². The van der Waals surface area contributed by atoms with Gasteiger partial charge in [-0.25, -0.2) is 4.79 Å². The number of ether oxygens (including phenoxy) is 1. The first-order valence-corrected chi connectivity index (χ1v) is 7.20. The van der Waals surface area contributed by atoms with Gasteiger partial charge in [-0.15, -0.1) is 0 Å². The Bertz CT molecular complexity index is 699. The van der Waals surface area contributed by atoms with Crippen LogP contribution in [-0.4, -0.2) is 23.4 Å². The molecule has 0 radical (unpaired) electrons. The van der Waals surface area contributed by atoms with Gasteiger partial charge in [0.1, 0.15) is 5.75 Å². The summed E-state index contributed by atoms with van der Waals surface area (Å²) in [6, 6.07) is 12.0. The summed E-state index contributed by atoms with van der Waals surface area (Å²) >= 11 is 11.9. The number of benzene rings is 2. The summed E-state index contributed by atoms with van der Waals surface area (Å²) in [5.41, 5.74) is 1.45. The average molecular weight is 338 g/mol. The van der Waals surface area contributed by atoms with Crippen molar-refractivity contribution in [2.24, 2.45) is 4.99 Å². The van der Waals surface area contributed by atoms with Crippen molar-refractivity contribution in [1.82, 2.24) is 0 Å². The molecule has 1 atom stereocenters. The molecule has 0 aliphatic heterocycles. The van der Waals surface area contributed by atoms with Gasteiger partial charge in [0.15, 0.2) is 6.10 Å². The number of carbonyl (C=O) groups is 1. The van der Waals surface area contributed by atoms with Crippen LogP contribution >= 0.6 is 23.2 Å². The lowest BCUT2D eigenvalue weighted by Gasteiger charge is -2.09. The predicted molar refractivity (Wildman–Crippen MR) is 87.9 cm³/mol. The quantitative estimate of drug-likeness (QED) is 0.811. The van der Waals surface area contributed by atoms with Crippen molar-refractivity contribution in [1.29, 1.82) is 0 Å². The summed E-state index contributed by atoms with van der Waals surface area (Å²) in [5, 5.41) is 9.81. The number of carboxylic acids is 1. The zero-order valence-electron chi connectivity index (χ0n) is 11.7. The minimum Gasteiger partial charge on any atom is -0.479 e. The van der Waals surface area contributed by atoms with Gasteiger partial charge in [-0.3, -0.25) is 4.99 Å². The van der Waals surface area contributed by atoms with Crippen molar-refractivity contribution in [3.8, 4) is 5.75 Å². The van der Waals surface area contributed by atoms with Crippen LogP contribution in [0.5, 0.6) is 5.75 Å². The third-order valence-corrected chi connectivity index (χ3v) is 3.34. The first-order valence-electron chi connectivity index (χ1n) is 6.44. The zero-order chi connectivity index (χ0) is 16.1. The molecule has 0 unspecified atom stereocenters. The highest BCUT2D eigenvalue weighted by Gasteiger charge is 2.11. The maximum Gasteiger partial charge on any atom is 0.344 e. The van der Waals surface area contributed by atoms with Crippen LogP contribution in [0.4, 0.5) is 5.69 Å². The van der Waals surface area contributed by atoms with Gasteiger partial charge in [0.25, 0.3) is 0 Å². The summed E-state index contributed by atoms with van der Waals surface area (Å²) < 4.78 is 5.25. The number of aliphatic carboxylic acids is 1. The maximum atomic E-state index is 10.7. The van der Waals surface area contributed by atoms with Gasteiger partial charge in [0.2, 0.25) is 0 Å². The molecule has 0 spiro atoms. The first kappa shape index (κ1) is 16.3. The van der Waals surface area contributed by atoms with E-state index in [1.54, 1.807) is 48.7 Å². The summed E-state index contributed by atoms with van der Waals surface area (Å²) in [7, 11) is 0. The monoisotopic (exact) mass is 337 g/mol. The third-order valence-electron chi connectivity index (χ3n) is 2.80. The Hall–Kier alpha value is -2.04. The van der Waals surface area contributed by atoms with Crippen LogP contribution in [0.2, 0.25) is 10.0 Å². The number of aliphatic imine (C=N–C) groups is 1. The lowest BCUT2D eigenvalue weighted by Crippen LogP contribution is -2.22. The second-order valence-electron chi connectivity index (χ2n) is 4.52. The molecule has 114 valence electrons. The summed E-state index contributed by atoms with van der Waals surface area (Å²) in [6.07, 6.45) is 0.756. The van der Waals surface area contributed by atoms with Crippen molar-refractivity contribution in [3.05, 3.63) is 58.1 Å². The van der Waals surface area contributed by atoms with Gasteiger partial charge < -0.3 is 9.84 Å². The van der Waals surface area contributed by atoms with Crippen LogP contribution in [0.15, 0.2) is 47.5 Å². The normalized spacial score (nSPS) is 12.3. The van der Waals surface area contributed by atoms with Crippen LogP contribution < -0.4 is 4.74 Å². The van der Waals surface area contributed by atoms with Crippen molar-refractivity contribution in [2.75, 3.05) is 0 Å². The molecule has 6 heteroatoms. The highest BCUT2D eigenvalue weighted by Crippen LogP contribution is 2.27. The Balaban J connectivity index is 2.07. The van der Waals surface area contributed by atoms with E-state index in [1.807, 2.05) is 0 Å². The number of carboxylic acid groups (broad SMARTS) is 1. The average Bonchev–Trinajstić information content (AvgIpc) is 2.47. The highest BCUT2D eigenvalue weighted by molar-refractivity contribution is 6.36. The minimum absolute atomic E-state index is 0.471. The Labute approximate surface area is 138 Å². The topological polar surface area (TPSA) is 58.9 Å². The number of hydrogen-bond acceptors (Lipinski definition) is 3. The van der Waals surface area contributed by atoms with E-state index in [0.29, 0.717) is 21.5 Å². The molecule has 0 heterocycles. The van der Waals surface area contributed by atoms with Gasteiger partial charge in [-0.2, -0.15) is 0 Å². The molecule has 1 N–H and O–H groups in total. The highest BCUT2D eigenvalue weighted by atomic mass is 35.5. The van der Waals surface area contributed by atoms with Crippen LogP contribution in [-0.2, 0) is 4.79 Å². The Morgan fingerprint density at radius 1 is 1.23 bits per heavy atom. The molecule has 0 aromatic heterocycles. The Kier molecular flexibility index (Phi) is 5.41. The number of rotatable bonds is 5. The number of nitrogens with zero attached hydrogens (tertiary/aromatic N) is 1. The molecular formula is C16H13Cl2NO3. The van der Waals surface area contributed by atoms with E-state index in [4.69, 9.17) is 33.0 Å². The number of halogens is 2. The van der Waals surface area contributed by atoms with Crippen molar-refractivity contribution in [3.63, 3.8) is 0 Å². The lowest BCUT2D eigenvalue weighted by molar-refractivity contribution is -0.144. The zero-order valence-corrected chi connectivity index (χ0v) is 13.2. The van der Waals surface area contributed by atoms with Crippen molar-refractivity contribution >= 4 is 41.1 Å². The largest absolute Gasteiger partial charge is 0.479 e. The molecule has 0 fully saturated rings. The van der Waals surface area contributed by atoms with Crippen molar-refractivity contribution in [2.45, 2.75) is 13.0 Å². The van der Waals surface area contributed by atoms with Crippen molar-refractivity contribution < 1.29 is 14.6 Å². The van der Waals surface area contributed by atoms with E-state index in [1.165, 1.54) is 6.92 Å². The molecule has 2 aromatic carbocycles. The van der Waals surface area contributed by atoms with Gasteiger partial charge in [-0.1, -0.05) is 23.2 Å². The lowest BCUT2D eigenvalue weighted by atomic mass is 10.2. The van der Waals surface area contributed by atoms with Gasteiger partial charge in [-0.05, 0) is 55.0 Å². The fourth-order valence-corrected chi connectivity index (χ4v) is 2.07. The van der Waals surface area contributed by atoms with E-state index < -0.39 is 12.1 Å². The predicted octanol–water partition coefficient (Wildman–Crippen LogP) is 4.60. The second-order valence-corrected chi connectivity index (χ2v) is 5.36. The standard InChI is InChI=1S/C16H13Cl2NO3/c1-10(16(20)21)22-13-5-2-11(3-6-13)9-19-15-7-4-12(17)8-14(15)18/h2-10H,1H3,(H,20,21)/t10-/m1/s1. The molecule has 2 rings (SSSR count). The van der Waals surface area contributed by atoms with E-state index >= 15 is 0 Å². The van der Waals surface area contributed by atoms with E-state index in [2.05, 4.69) is 4.99 Å². The molecule has 0 saturated carbocycles. The molecule has 4 nitrogen and oxygen atoms in total. The molecule has 0 bridgehead atoms. The minimum atomic E-state index is -1.01. The van der Waals surface area contributed by atoms with Gasteiger partial charge in [0, 0.05) is 11.2 Å². The van der Waals surface area contributed by atoms with Gasteiger partial charge >= 0.3 is 5.97 Å². The third kappa shape index (κ3) is 4.48. The molecule has 0 aliphatic rings. The fourth-order valence-electron chi connectivity index (χ4n) is 1.62. The molecule has 0 aliphatic carbocycles. The smallest absolute Gasteiger partial charge is 0.344 e. The van der Waals surface area contributed by atoms with E-state index in [-0.39, 0.29) is 0 Å². The van der Waals surface area contributed by atoms with Gasteiger partial charge in [0.05, 0.1) is 10.7 Å². The summed E-state index contributed by atoms with van der Waals surface area (Å²) in [4.78, 5) is 15.0. The first-order chi connectivity index (χ1) is 10.5. The Morgan fingerprint density at radius 3 is 2.50 bits per heavy atom. The van der Waals surface area contributed by atoms with E-state index in [0.717, 1.165) is 5.56 Å². The van der Waals surface area contributed by atoms with E-state index in [9.17, 15) is 4.79 Å². The SMILES string of the molecule is C[C@@H](Oc1ccc(C=Nc2ccc(Cl)cc2Cl)cc1)C(=O)O. The molecule has 22 heavy (non-hydrogen) atoms. The second kappa shape index (κ2) is 7.29. The Morgan fingerprint density at radius 2 is 1.91 bits per heavy atom. The molecule has 0 saturated heterocycles.